The summed E-state index contributed by atoms with van der Waals surface area (Å²) >= 11 is 1.55. The molecule has 0 saturated heterocycles. The van der Waals surface area contributed by atoms with Gasteiger partial charge in [0.05, 0.1) is 11.1 Å². The fourth-order valence-corrected chi connectivity index (χ4v) is 2.48. The smallest absolute Gasteiger partial charge is 0.339 e. The third-order valence-corrected chi connectivity index (χ3v) is 3.68. The van der Waals surface area contributed by atoms with Gasteiger partial charge in [0.25, 0.3) is 0 Å². The second kappa shape index (κ2) is 5.88. The Morgan fingerprint density at radius 2 is 2.10 bits per heavy atom. The van der Waals surface area contributed by atoms with E-state index in [0.29, 0.717) is 22.9 Å². The summed E-state index contributed by atoms with van der Waals surface area (Å²) in [6, 6.07) is 10.9. The standard InChI is InChI=1S/C15H12N2O3S/c1-10-16-17-14(20-10)12-6-2-3-7-13(12)15(18)19-9-11-5-4-8-21-11/h2-8H,9H2,1H3. The number of rotatable bonds is 4. The molecular weight excluding hydrogens is 288 g/mol. The zero-order chi connectivity index (χ0) is 14.7. The van der Waals surface area contributed by atoms with Gasteiger partial charge in [-0.3, -0.25) is 0 Å². The van der Waals surface area contributed by atoms with Crippen molar-refractivity contribution in [2.24, 2.45) is 0 Å². The predicted octanol–water partition coefficient (Wildman–Crippen LogP) is 3.46. The first-order valence-corrected chi connectivity index (χ1v) is 7.21. The van der Waals surface area contributed by atoms with Gasteiger partial charge < -0.3 is 9.15 Å². The minimum Gasteiger partial charge on any atom is -0.456 e. The van der Waals surface area contributed by atoms with Crippen molar-refractivity contribution < 1.29 is 13.9 Å². The number of hydrogen-bond acceptors (Lipinski definition) is 6. The molecule has 3 aromatic rings. The predicted molar refractivity (Wildman–Crippen MR) is 77.9 cm³/mol. The topological polar surface area (TPSA) is 65.2 Å². The molecule has 0 unspecified atom stereocenters. The Hall–Kier alpha value is -2.47. The van der Waals surface area contributed by atoms with Crippen molar-refractivity contribution in [3.05, 3.63) is 58.1 Å². The first-order chi connectivity index (χ1) is 10.2. The lowest BCUT2D eigenvalue weighted by molar-refractivity contribution is 0.0477. The Bertz CT molecular complexity index is 750. The van der Waals surface area contributed by atoms with Crippen molar-refractivity contribution in [1.82, 2.24) is 10.2 Å². The van der Waals surface area contributed by atoms with Crippen molar-refractivity contribution in [2.45, 2.75) is 13.5 Å². The van der Waals surface area contributed by atoms with Crippen molar-refractivity contribution in [1.29, 1.82) is 0 Å². The van der Waals surface area contributed by atoms with Crippen LogP contribution in [0.15, 0.2) is 46.2 Å². The summed E-state index contributed by atoms with van der Waals surface area (Å²) in [5, 5.41) is 9.67. The fourth-order valence-electron chi connectivity index (χ4n) is 1.86. The van der Waals surface area contributed by atoms with Gasteiger partial charge in [0.15, 0.2) is 0 Å². The molecule has 0 spiro atoms. The maximum absolute atomic E-state index is 12.2. The van der Waals surface area contributed by atoms with Gasteiger partial charge in [-0.15, -0.1) is 21.5 Å². The van der Waals surface area contributed by atoms with Crippen LogP contribution in [-0.2, 0) is 11.3 Å². The number of ether oxygens (including phenoxy) is 1. The van der Waals surface area contributed by atoms with Crippen LogP contribution in [0.3, 0.4) is 0 Å². The summed E-state index contributed by atoms with van der Waals surface area (Å²) in [4.78, 5) is 13.2. The molecule has 0 aliphatic heterocycles. The third kappa shape index (κ3) is 3.00. The molecular formula is C15H12N2O3S. The van der Waals surface area contributed by atoms with E-state index in [1.54, 1.807) is 36.5 Å². The molecule has 0 fully saturated rings. The van der Waals surface area contributed by atoms with Crippen LogP contribution >= 0.6 is 11.3 Å². The highest BCUT2D eigenvalue weighted by Gasteiger charge is 2.17. The number of aromatic nitrogens is 2. The number of carbonyl (C=O) groups is 1. The third-order valence-electron chi connectivity index (χ3n) is 2.83. The number of thiophene rings is 1. The average molecular weight is 300 g/mol. The quantitative estimate of drug-likeness (QED) is 0.690. The molecule has 2 heterocycles. The Kier molecular flexibility index (Phi) is 3.79. The molecule has 106 valence electrons. The molecule has 0 atom stereocenters. The molecule has 3 rings (SSSR count). The van der Waals surface area contributed by atoms with Crippen LogP contribution in [0, 0.1) is 6.92 Å². The second-order valence-corrected chi connectivity index (χ2v) is 5.36. The number of esters is 1. The van der Waals surface area contributed by atoms with E-state index in [0.717, 1.165) is 4.88 Å². The van der Waals surface area contributed by atoms with Crippen LogP contribution in [0.25, 0.3) is 11.5 Å². The largest absolute Gasteiger partial charge is 0.456 e. The highest BCUT2D eigenvalue weighted by atomic mass is 32.1. The fraction of sp³-hybridized carbons (Fsp3) is 0.133. The van der Waals surface area contributed by atoms with E-state index >= 15 is 0 Å². The van der Waals surface area contributed by atoms with Crippen LogP contribution in [0.4, 0.5) is 0 Å². The molecule has 0 N–H and O–H groups in total. The Morgan fingerprint density at radius 1 is 1.24 bits per heavy atom. The molecule has 1 aromatic carbocycles. The lowest BCUT2D eigenvalue weighted by Gasteiger charge is -2.06. The van der Waals surface area contributed by atoms with E-state index in [9.17, 15) is 4.79 Å². The lowest BCUT2D eigenvalue weighted by atomic mass is 10.1. The van der Waals surface area contributed by atoms with Gasteiger partial charge in [-0.1, -0.05) is 18.2 Å². The van der Waals surface area contributed by atoms with Gasteiger partial charge in [-0.25, -0.2) is 4.79 Å². The van der Waals surface area contributed by atoms with E-state index in [1.165, 1.54) is 0 Å². The van der Waals surface area contributed by atoms with E-state index in [2.05, 4.69) is 10.2 Å². The summed E-state index contributed by atoms with van der Waals surface area (Å²) in [6.07, 6.45) is 0. The zero-order valence-electron chi connectivity index (χ0n) is 11.3. The Balaban J connectivity index is 1.83. The summed E-state index contributed by atoms with van der Waals surface area (Å²) < 4.78 is 10.7. The highest BCUT2D eigenvalue weighted by molar-refractivity contribution is 7.09. The number of aryl methyl sites for hydroxylation is 1. The van der Waals surface area contributed by atoms with Crippen LogP contribution in [0.2, 0.25) is 0 Å². The van der Waals surface area contributed by atoms with Crippen molar-refractivity contribution in [2.75, 3.05) is 0 Å². The maximum Gasteiger partial charge on any atom is 0.339 e. The molecule has 21 heavy (non-hydrogen) atoms. The summed E-state index contributed by atoms with van der Waals surface area (Å²) in [5.41, 5.74) is 0.993. The monoisotopic (exact) mass is 300 g/mol. The van der Waals surface area contributed by atoms with E-state index in [1.807, 2.05) is 23.6 Å². The summed E-state index contributed by atoms with van der Waals surface area (Å²) in [7, 11) is 0. The van der Waals surface area contributed by atoms with E-state index < -0.39 is 5.97 Å². The van der Waals surface area contributed by atoms with Gasteiger partial charge in [-0.05, 0) is 23.6 Å². The van der Waals surface area contributed by atoms with Gasteiger partial charge in [-0.2, -0.15) is 0 Å². The second-order valence-electron chi connectivity index (χ2n) is 4.33. The van der Waals surface area contributed by atoms with Gasteiger partial charge in [0, 0.05) is 11.8 Å². The minimum absolute atomic E-state index is 0.258. The van der Waals surface area contributed by atoms with Gasteiger partial charge in [0.2, 0.25) is 11.8 Å². The van der Waals surface area contributed by atoms with Crippen LogP contribution in [0.1, 0.15) is 21.1 Å². The minimum atomic E-state index is -0.408. The number of benzene rings is 1. The Morgan fingerprint density at radius 3 is 2.81 bits per heavy atom. The molecule has 0 bridgehead atoms. The average Bonchev–Trinajstić information content (AvgIpc) is 3.16. The molecule has 0 aliphatic rings. The molecule has 2 aromatic heterocycles. The van der Waals surface area contributed by atoms with E-state index in [-0.39, 0.29) is 6.61 Å². The molecule has 0 aliphatic carbocycles. The highest BCUT2D eigenvalue weighted by Crippen LogP contribution is 2.23. The first kappa shape index (κ1) is 13.5. The Labute approximate surface area is 125 Å². The molecule has 6 heteroatoms. The number of nitrogens with zero attached hydrogens (tertiary/aromatic N) is 2. The normalized spacial score (nSPS) is 10.5. The summed E-state index contributed by atoms with van der Waals surface area (Å²) in [6.45, 7) is 1.96. The zero-order valence-corrected chi connectivity index (χ0v) is 12.1. The molecule has 0 radical (unpaired) electrons. The van der Waals surface area contributed by atoms with Crippen molar-refractivity contribution in [3.8, 4) is 11.5 Å². The molecule has 5 nitrogen and oxygen atoms in total. The number of carbonyl (C=O) groups excluding carboxylic acids is 1. The number of hydrogen-bond donors (Lipinski definition) is 0. The van der Waals surface area contributed by atoms with Crippen LogP contribution in [-0.4, -0.2) is 16.2 Å². The van der Waals surface area contributed by atoms with Crippen LogP contribution < -0.4 is 0 Å². The van der Waals surface area contributed by atoms with Crippen molar-refractivity contribution >= 4 is 17.3 Å². The van der Waals surface area contributed by atoms with Crippen molar-refractivity contribution in [3.63, 3.8) is 0 Å². The van der Waals surface area contributed by atoms with Gasteiger partial charge >= 0.3 is 5.97 Å². The SMILES string of the molecule is Cc1nnc(-c2ccccc2C(=O)OCc2cccs2)o1. The first-order valence-electron chi connectivity index (χ1n) is 6.33. The molecule has 0 saturated carbocycles. The summed E-state index contributed by atoms with van der Waals surface area (Å²) in [5.74, 6) is 0.359. The lowest BCUT2D eigenvalue weighted by Crippen LogP contribution is -2.06. The van der Waals surface area contributed by atoms with E-state index in [4.69, 9.17) is 9.15 Å². The van der Waals surface area contributed by atoms with Gasteiger partial charge in [0.1, 0.15) is 6.61 Å². The molecule has 0 amide bonds. The maximum atomic E-state index is 12.2. The van der Waals surface area contributed by atoms with Crippen LogP contribution in [0.5, 0.6) is 0 Å².